The molecule has 1 aliphatic rings. The summed E-state index contributed by atoms with van der Waals surface area (Å²) in [4.78, 5) is 33.4. The number of carbonyl (C=O) groups is 2. The minimum absolute atomic E-state index is 0.127. The van der Waals surface area contributed by atoms with Gasteiger partial charge in [-0.1, -0.05) is 44.2 Å². The van der Waals surface area contributed by atoms with E-state index in [1.807, 2.05) is 30.3 Å². The Balaban J connectivity index is 2.06. The number of carbonyl (C=O) groups excluding carboxylic acids is 2. The molecule has 0 unspecified atom stereocenters. The smallest absolute Gasteiger partial charge is 0.295 e. The van der Waals surface area contributed by atoms with Gasteiger partial charge >= 0.3 is 0 Å². The number of likely N-dealkylation sites (N-methyl/N-ethyl adjacent to an activating group) is 1. The van der Waals surface area contributed by atoms with E-state index in [9.17, 15) is 14.7 Å². The first kappa shape index (κ1) is 19.8. The van der Waals surface area contributed by atoms with Crippen molar-refractivity contribution in [1.29, 1.82) is 0 Å². The molecular weight excluding hydrogens is 354 g/mol. The average Bonchev–Trinajstić information content (AvgIpc) is 3.00. The summed E-state index contributed by atoms with van der Waals surface area (Å²) in [5, 5.41) is 10.9. The highest BCUT2D eigenvalue weighted by molar-refractivity contribution is 6.46. The van der Waals surface area contributed by atoms with Crippen LogP contribution in [0.5, 0.6) is 0 Å². The van der Waals surface area contributed by atoms with Gasteiger partial charge < -0.3 is 14.9 Å². The number of pyridine rings is 1. The van der Waals surface area contributed by atoms with Crippen molar-refractivity contribution >= 4 is 17.4 Å². The van der Waals surface area contributed by atoms with Crippen LogP contribution in [0.2, 0.25) is 0 Å². The molecular formula is C22H25N3O3. The molecule has 0 spiro atoms. The molecule has 146 valence electrons. The van der Waals surface area contributed by atoms with Gasteiger partial charge in [-0.25, -0.2) is 0 Å². The third-order valence-corrected chi connectivity index (χ3v) is 5.16. The van der Waals surface area contributed by atoms with Gasteiger partial charge in [-0.05, 0) is 30.8 Å². The van der Waals surface area contributed by atoms with Crippen LogP contribution in [-0.4, -0.2) is 57.8 Å². The van der Waals surface area contributed by atoms with E-state index in [0.29, 0.717) is 18.7 Å². The Hall–Kier alpha value is -2.99. The van der Waals surface area contributed by atoms with Crippen LogP contribution >= 0.6 is 0 Å². The Labute approximate surface area is 165 Å². The zero-order valence-corrected chi connectivity index (χ0v) is 16.2. The van der Waals surface area contributed by atoms with E-state index in [4.69, 9.17) is 0 Å². The SMILES string of the molecule is CCN(CC)CCN1C(=O)C(=O)/C(=C(/O)c2ccncc2)[C@@H]1c1ccccc1. The highest BCUT2D eigenvalue weighted by atomic mass is 16.3. The van der Waals surface area contributed by atoms with E-state index in [0.717, 1.165) is 18.7 Å². The minimum Gasteiger partial charge on any atom is -0.507 e. The number of amides is 1. The molecule has 28 heavy (non-hydrogen) atoms. The zero-order chi connectivity index (χ0) is 20.1. The first-order valence-electron chi connectivity index (χ1n) is 9.54. The average molecular weight is 379 g/mol. The number of benzene rings is 1. The van der Waals surface area contributed by atoms with Crippen molar-refractivity contribution in [2.75, 3.05) is 26.2 Å². The maximum Gasteiger partial charge on any atom is 0.295 e. The second-order valence-electron chi connectivity index (χ2n) is 6.67. The summed E-state index contributed by atoms with van der Waals surface area (Å²) in [6, 6.07) is 12.0. The normalized spacial score (nSPS) is 18.8. The van der Waals surface area contributed by atoms with Gasteiger partial charge in [-0.2, -0.15) is 0 Å². The number of aliphatic hydroxyl groups is 1. The lowest BCUT2D eigenvalue weighted by atomic mass is 9.95. The number of hydrogen-bond donors (Lipinski definition) is 1. The highest BCUT2D eigenvalue weighted by Gasteiger charge is 2.45. The van der Waals surface area contributed by atoms with Crippen LogP contribution in [-0.2, 0) is 9.59 Å². The highest BCUT2D eigenvalue weighted by Crippen LogP contribution is 2.38. The van der Waals surface area contributed by atoms with E-state index in [2.05, 4.69) is 23.7 Å². The fourth-order valence-electron chi connectivity index (χ4n) is 3.55. The molecule has 0 radical (unpaired) electrons. The Kier molecular flexibility index (Phi) is 6.21. The number of nitrogens with zero attached hydrogens (tertiary/aromatic N) is 3. The molecule has 3 rings (SSSR count). The maximum absolute atomic E-state index is 12.9. The van der Waals surface area contributed by atoms with Crippen LogP contribution < -0.4 is 0 Å². The molecule has 1 atom stereocenters. The molecule has 1 fully saturated rings. The molecule has 2 aromatic rings. The fourth-order valence-corrected chi connectivity index (χ4v) is 3.55. The second-order valence-corrected chi connectivity index (χ2v) is 6.67. The molecule has 0 saturated carbocycles. The molecule has 2 heterocycles. The Morgan fingerprint density at radius 3 is 2.32 bits per heavy atom. The van der Waals surface area contributed by atoms with Crippen LogP contribution in [0.1, 0.15) is 31.0 Å². The molecule has 0 bridgehead atoms. The molecule has 6 heteroatoms. The minimum atomic E-state index is -0.650. The number of Topliss-reactive ketones (excluding diaryl/α,β-unsaturated/α-hetero) is 1. The second kappa shape index (κ2) is 8.80. The van der Waals surface area contributed by atoms with Crippen molar-refractivity contribution in [2.45, 2.75) is 19.9 Å². The van der Waals surface area contributed by atoms with Crippen molar-refractivity contribution in [2.24, 2.45) is 0 Å². The molecule has 1 aromatic heterocycles. The van der Waals surface area contributed by atoms with Crippen LogP contribution in [0, 0.1) is 0 Å². The molecule has 1 amide bonds. The number of likely N-dealkylation sites (tertiary alicyclic amines) is 1. The molecule has 6 nitrogen and oxygen atoms in total. The number of aliphatic hydroxyl groups excluding tert-OH is 1. The predicted molar refractivity (Wildman–Crippen MR) is 107 cm³/mol. The summed E-state index contributed by atoms with van der Waals surface area (Å²) < 4.78 is 0. The Bertz CT molecular complexity index is 861. The van der Waals surface area contributed by atoms with Crippen LogP contribution in [0.3, 0.4) is 0 Å². The van der Waals surface area contributed by atoms with Crippen LogP contribution in [0.15, 0.2) is 60.4 Å². The van der Waals surface area contributed by atoms with Gasteiger partial charge in [-0.3, -0.25) is 14.6 Å². The quantitative estimate of drug-likeness (QED) is 0.455. The van der Waals surface area contributed by atoms with E-state index in [1.165, 1.54) is 0 Å². The fraction of sp³-hybridized carbons (Fsp3) is 0.318. The summed E-state index contributed by atoms with van der Waals surface area (Å²) in [5.74, 6) is -1.39. The number of ketones is 1. The first-order valence-corrected chi connectivity index (χ1v) is 9.54. The van der Waals surface area contributed by atoms with Crippen molar-refractivity contribution in [3.8, 4) is 0 Å². The third-order valence-electron chi connectivity index (χ3n) is 5.16. The lowest BCUT2D eigenvalue weighted by Crippen LogP contribution is -2.38. The van der Waals surface area contributed by atoms with Gasteiger partial charge in [0.2, 0.25) is 0 Å². The summed E-state index contributed by atoms with van der Waals surface area (Å²) in [6.45, 7) is 6.95. The third kappa shape index (κ3) is 3.82. The topological polar surface area (TPSA) is 73.7 Å². The molecule has 0 aliphatic carbocycles. The van der Waals surface area contributed by atoms with Crippen molar-refractivity contribution in [3.63, 3.8) is 0 Å². The Morgan fingerprint density at radius 1 is 1.07 bits per heavy atom. The van der Waals surface area contributed by atoms with Crippen molar-refractivity contribution in [3.05, 3.63) is 71.6 Å². The van der Waals surface area contributed by atoms with E-state index in [-0.39, 0.29) is 11.3 Å². The lowest BCUT2D eigenvalue weighted by Gasteiger charge is -2.28. The van der Waals surface area contributed by atoms with E-state index in [1.54, 1.807) is 29.4 Å². The summed E-state index contributed by atoms with van der Waals surface area (Å²) in [6.07, 6.45) is 3.09. The van der Waals surface area contributed by atoms with Gasteiger partial charge in [0.05, 0.1) is 11.6 Å². The molecule has 1 N–H and O–H groups in total. The van der Waals surface area contributed by atoms with Crippen molar-refractivity contribution in [1.82, 2.24) is 14.8 Å². The van der Waals surface area contributed by atoms with Crippen LogP contribution in [0.4, 0.5) is 0 Å². The summed E-state index contributed by atoms with van der Waals surface area (Å²) in [5.41, 5.74) is 1.40. The maximum atomic E-state index is 12.9. The van der Waals surface area contributed by atoms with E-state index < -0.39 is 17.7 Å². The number of hydrogen-bond acceptors (Lipinski definition) is 5. The number of rotatable bonds is 7. The van der Waals surface area contributed by atoms with Gasteiger partial charge in [0.25, 0.3) is 11.7 Å². The van der Waals surface area contributed by atoms with E-state index >= 15 is 0 Å². The standard InChI is InChI=1S/C22H25N3O3/c1-3-24(4-2)14-15-25-19(16-8-6-5-7-9-16)18(21(27)22(25)28)20(26)17-10-12-23-13-11-17/h5-13,19,26H,3-4,14-15H2,1-2H3/b20-18+/t19-/m0/s1. The van der Waals surface area contributed by atoms with Gasteiger partial charge in [-0.15, -0.1) is 0 Å². The largest absolute Gasteiger partial charge is 0.507 e. The Morgan fingerprint density at radius 2 is 1.71 bits per heavy atom. The lowest BCUT2D eigenvalue weighted by molar-refractivity contribution is -0.140. The molecule has 1 aromatic carbocycles. The van der Waals surface area contributed by atoms with Crippen LogP contribution in [0.25, 0.3) is 5.76 Å². The summed E-state index contributed by atoms with van der Waals surface area (Å²) in [7, 11) is 0. The monoisotopic (exact) mass is 379 g/mol. The summed E-state index contributed by atoms with van der Waals surface area (Å²) >= 11 is 0. The van der Waals surface area contributed by atoms with Gasteiger partial charge in [0.1, 0.15) is 5.76 Å². The number of aromatic nitrogens is 1. The van der Waals surface area contributed by atoms with Crippen molar-refractivity contribution < 1.29 is 14.7 Å². The predicted octanol–water partition coefficient (Wildman–Crippen LogP) is 2.85. The first-order chi connectivity index (χ1) is 13.6. The van der Waals surface area contributed by atoms with Gasteiger partial charge in [0, 0.05) is 31.0 Å². The molecule has 1 saturated heterocycles. The van der Waals surface area contributed by atoms with Gasteiger partial charge in [0.15, 0.2) is 0 Å². The zero-order valence-electron chi connectivity index (χ0n) is 16.2. The molecule has 1 aliphatic heterocycles.